The van der Waals surface area contributed by atoms with Gasteiger partial charge in [0.15, 0.2) is 0 Å². The Labute approximate surface area is 149 Å². The van der Waals surface area contributed by atoms with Crippen molar-refractivity contribution < 1.29 is 9.59 Å². The average Bonchev–Trinajstić information content (AvgIpc) is 2.67. The van der Waals surface area contributed by atoms with Crippen LogP contribution in [0.2, 0.25) is 0 Å². The highest BCUT2D eigenvalue weighted by Crippen LogP contribution is 2.24. The lowest BCUT2D eigenvalue weighted by Crippen LogP contribution is -2.43. The zero-order valence-electron chi connectivity index (χ0n) is 14.5. The van der Waals surface area contributed by atoms with Gasteiger partial charge >= 0.3 is 0 Å². The number of hydrogen-bond donors (Lipinski definition) is 1. The fraction of sp³-hybridized carbons (Fsp3) is 0.238. The molecule has 0 bridgehead atoms. The summed E-state index contributed by atoms with van der Waals surface area (Å²) >= 11 is 0. The molecular weight excluding hydrogens is 312 g/mol. The first-order valence-electron chi connectivity index (χ1n) is 8.44. The molecule has 4 nitrogen and oxygen atoms in total. The van der Waals surface area contributed by atoms with Gasteiger partial charge in [0.25, 0.3) is 0 Å². The molecule has 2 aromatic rings. The van der Waals surface area contributed by atoms with Gasteiger partial charge in [0, 0.05) is 19.5 Å². The highest BCUT2D eigenvalue weighted by Gasteiger charge is 2.30. The second-order valence-electron chi connectivity index (χ2n) is 5.71. The Hall–Kier alpha value is -2.88. The number of amides is 2. The molecule has 0 radical (unpaired) electrons. The monoisotopic (exact) mass is 336 g/mol. The van der Waals surface area contributed by atoms with Crippen molar-refractivity contribution in [1.29, 1.82) is 0 Å². The van der Waals surface area contributed by atoms with Gasteiger partial charge in [-0.2, -0.15) is 0 Å². The summed E-state index contributed by atoms with van der Waals surface area (Å²) in [5.74, 6) is -0.268. The van der Waals surface area contributed by atoms with Crippen molar-refractivity contribution in [3.8, 4) is 0 Å². The Bertz CT molecular complexity index is 698. The molecule has 0 spiro atoms. The second kappa shape index (κ2) is 9.42. The number of nitrogens with zero attached hydrogens (tertiary/aromatic N) is 1. The molecule has 25 heavy (non-hydrogen) atoms. The smallest absolute Gasteiger partial charge is 0.247 e. The first-order valence-corrected chi connectivity index (χ1v) is 8.44. The Kier molecular flexibility index (Phi) is 6.96. The van der Waals surface area contributed by atoms with Gasteiger partial charge < -0.3 is 10.2 Å². The molecule has 4 heteroatoms. The van der Waals surface area contributed by atoms with Gasteiger partial charge in [0.2, 0.25) is 11.8 Å². The van der Waals surface area contributed by atoms with Crippen LogP contribution in [0.1, 0.15) is 30.5 Å². The largest absolute Gasteiger partial charge is 0.351 e. The van der Waals surface area contributed by atoms with Crippen molar-refractivity contribution in [1.82, 2.24) is 10.2 Å². The molecule has 2 rings (SSSR count). The van der Waals surface area contributed by atoms with Crippen molar-refractivity contribution in [2.75, 3.05) is 6.54 Å². The highest BCUT2D eigenvalue weighted by molar-refractivity contribution is 5.88. The van der Waals surface area contributed by atoms with Crippen molar-refractivity contribution in [2.24, 2.45) is 0 Å². The summed E-state index contributed by atoms with van der Waals surface area (Å²) in [6, 6.07) is 18.4. The molecule has 1 atom stereocenters. The third kappa shape index (κ3) is 5.05. The van der Waals surface area contributed by atoms with Crippen LogP contribution in [0.25, 0.3) is 0 Å². The van der Waals surface area contributed by atoms with E-state index in [9.17, 15) is 9.59 Å². The summed E-state index contributed by atoms with van der Waals surface area (Å²) in [4.78, 5) is 27.1. The molecule has 0 heterocycles. The lowest BCUT2D eigenvalue weighted by atomic mass is 10.0. The van der Waals surface area contributed by atoms with Gasteiger partial charge in [-0.3, -0.25) is 9.59 Å². The standard InChI is InChI=1S/C21H24N2O2/c1-3-15-22-21(25)20(18-13-9-6-10-14-18)23(19(24)4-2)16-17-11-7-5-8-12-17/h3,5-14,20H,1,4,15-16H2,2H3,(H,22,25)/t20-/m0/s1. The molecule has 0 aliphatic rings. The Morgan fingerprint density at radius 3 is 2.24 bits per heavy atom. The van der Waals surface area contributed by atoms with E-state index >= 15 is 0 Å². The van der Waals surface area contributed by atoms with Crippen LogP contribution in [0.4, 0.5) is 0 Å². The van der Waals surface area contributed by atoms with Crippen molar-refractivity contribution >= 4 is 11.8 Å². The summed E-state index contributed by atoms with van der Waals surface area (Å²) in [5.41, 5.74) is 1.78. The minimum absolute atomic E-state index is 0.0635. The maximum atomic E-state index is 12.8. The lowest BCUT2D eigenvalue weighted by Gasteiger charge is -2.31. The highest BCUT2D eigenvalue weighted by atomic mass is 16.2. The third-order valence-corrected chi connectivity index (χ3v) is 3.91. The number of benzene rings is 2. The Morgan fingerprint density at radius 2 is 1.68 bits per heavy atom. The van der Waals surface area contributed by atoms with E-state index in [-0.39, 0.29) is 11.8 Å². The summed E-state index contributed by atoms with van der Waals surface area (Å²) in [6.45, 7) is 6.19. The number of carbonyl (C=O) groups excluding carboxylic acids is 2. The van der Waals surface area contributed by atoms with Gasteiger partial charge in [-0.1, -0.05) is 73.7 Å². The first-order chi connectivity index (χ1) is 12.2. The van der Waals surface area contributed by atoms with E-state index in [1.54, 1.807) is 11.0 Å². The average molecular weight is 336 g/mol. The number of nitrogens with one attached hydrogen (secondary N) is 1. The van der Waals surface area contributed by atoms with Crippen LogP contribution in [-0.4, -0.2) is 23.3 Å². The minimum atomic E-state index is -0.672. The van der Waals surface area contributed by atoms with Crippen molar-refractivity contribution in [2.45, 2.75) is 25.9 Å². The summed E-state index contributed by atoms with van der Waals surface area (Å²) in [6.07, 6.45) is 1.97. The van der Waals surface area contributed by atoms with E-state index in [0.29, 0.717) is 19.5 Å². The van der Waals surface area contributed by atoms with Gasteiger partial charge in [-0.15, -0.1) is 6.58 Å². The van der Waals surface area contributed by atoms with Gasteiger partial charge in [-0.05, 0) is 11.1 Å². The molecule has 0 unspecified atom stereocenters. The number of hydrogen-bond acceptors (Lipinski definition) is 2. The fourth-order valence-corrected chi connectivity index (χ4v) is 2.68. The third-order valence-electron chi connectivity index (χ3n) is 3.91. The SMILES string of the molecule is C=CCNC(=O)[C@H](c1ccccc1)N(Cc1ccccc1)C(=O)CC. The molecule has 0 aliphatic heterocycles. The quantitative estimate of drug-likeness (QED) is 0.751. The van der Waals surface area contributed by atoms with Crippen LogP contribution in [0.15, 0.2) is 73.3 Å². The van der Waals surface area contributed by atoms with E-state index in [4.69, 9.17) is 0 Å². The fourth-order valence-electron chi connectivity index (χ4n) is 2.68. The van der Waals surface area contributed by atoms with Crippen molar-refractivity contribution in [3.63, 3.8) is 0 Å². The molecule has 0 saturated carbocycles. The van der Waals surface area contributed by atoms with Crippen LogP contribution in [-0.2, 0) is 16.1 Å². The molecule has 0 aromatic heterocycles. The van der Waals surface area contributed by atoms with Gasteiger partial charge in [0.1, 0.15) is 6.04 Å². The predicted octanol–water partition coefficient (Wildman–Crippen LogP) is 3.47. The second-order valence-corrected chi connectivity index (χ2v) is 5.71. The van der Waals surface area contributed by atoms with Crippen LogP contribution >= 0.6 is 0 Å². The number of rotatable bonds is 8. The molecule has 0 fully saturated rings. The maximum absolute atomic E-state index is 12.8. The van der Waals surface area contributed by atoms with E-state index in [1.807, 2.05) is 67.6 Å². The molecule has 2 aromatic carbocycles. The van der Waals surface area contributed by atoms with Gasteiger partial charge in [0.05, 0.1) is 0 Å². The summed E-state index contributed by atoms with van der Waals surface area (Å²) in [5, 5.41) is 2.83. The molecule has 130 valence electrons. The van der Waals surface area contributed by atoms with Crippen LogP contribution in [0.5, 0.6) is 0 Å². The topological polar surface area (TPSA) is 49.4 Å². The summed E-state index contributed by atoms with van der Waals surface area (Å²) in [7, 11) is 0. The summed E-state index contributed by atoms with van der Waals surface area (Å²) < 4.78 is 0. The van der Waals surface area contributed by atoms with Crippen LogP contribution in [0.3, 0.4) is 0 Å². The maximum Gasteiger partial charge on any atom is 0.247 e. The molecule has 2 amide bonds. The van der Waals surface area contributed by atoms with E-state index in [2.05, 4.69) is 11.9 Å². The lowest BCUT2D eigenvalue weighted by molar-refractivity contribution is -0.141. The van der Waals surface area contributed by atoms with E-state index < -0.39 is 6.04 Å². The van der Waals surface area contributed by atoms with Crippen molar-refractivity contribution in [3.05, 3.63) is 84.4 Å². The normalized spacial score (nSPS) is 11.4. The van der Waals surface area contributed by atoms with Gasteiger partial charge in [-0.25, -0.2) is 0 Å². The molecular formula is C21H24N2O2. The van der Waals surface area contributed by atoms with E-state index in [0.717, 1.165) is 11.1 Å². The Morgan fingerprint density at radius 1 is 1.08 bits per heavy atom. The number of carbonyl (C=O) groups is 2. The molecule has 0 saturated heterocycles. The first kappa shape index (κ1) is 18.5. The Balaban J connectivity index is 2.39. The van der Waals surface area contributed by atoms with Crippen LogP contribution < -0.4 is 5.32 Å². The molecule has 1 N–H and O–H groups in total. The zero-order valence-corrected chi connectivity index (χ0v) is 14.5. The predicted molar refractivity (Wildman–Crippen MR) is 99.7 cm³/mol. The minimum Gasteiger partial charge on any atom is -0.351 e. The zero-order chi connectivity index (χ0) is 18.1. The molecule has 0 aliphatic carbocycles. The van der Waals surface area contributed by atoms with E-state index in [1.165, 1.54) is 0 Å². The van der Waals surface area contributed by atoms with Crippen LogP contribution in [0, 0.1) is 0 Å².